The van der Waals surface area contributed by atoms with Gasteiger partial charge in [-0.2, -0.15) is 5.48 Å². The molecule has 52 heavy (non-hydrogen) atoms. The summed E-state index contributed by atoms with van der Waals surface area (Å²) in [4.78, 5) is 86.8. The number of carbonyl (C=O) groups is 6. The topological polar surface area (TPSA) is 192 Å². The SMILES string of the molecule is CCCC(NC(=O)[C@@H]1C[C@@H]2CCCC[C@@H]2N1C(=O)C(NOCOCC(C)C)C1CCCCC1)C(=O)C(=O)NCC(=O)NC(C(=O)O)c1ccccc1. The normalized spacial score (nSPS) is 22.2. The molecular weight excluding hydrogens is 670 g/mol. The monoisotopic (exact) mass is 727 g/mol. The summed E-state index contributed by atoms with van der Waals surface area (Å²) in [6, 6.07) is 3.98. The van der Waals surface area contributed by atoms with Gasteiger partial charge in [-0.05, 0) is 61.8 Å². The Balaban J connectivity index is 1.43. The first-order valence-corrected chi connectivity index (χ1v) is 19.0. The molecule has 288 valence electrons. The molecule has 1 saturated heterocycles. The van der Waals surface area contributed by atoms with Crippen LogP contribution in [0.25, 0.3) is 0 Å². The molecule has 2 aliphatic carbocycles. The Hall–Kier alpha value is -3.88. The zero-order valence-corrected chi connectivity index (χ0v) is 30.8. The Morgan fingerprint density at radius 3 is 2.29 bits per heavy atom. The highest BCUT2D eigenvalue weighted by atomic mass is 16.8. The number of aliphatic carboxylic acids is 1. The molecule has 3 unspecified atom stereocenters. The van der Waals surface area contributed by atoms with E-state index in [0.717, 1.165) is 57.8 Å². The lowest BCUT2D eigenvalue weighted by atomic mass is 9.82. The number of benzene rings is 1. The number of Topliss-reactive ketones (excluding diaryl/α,β-unsaturated/α-hetero) is 1. The van der Waals surface area contributed by atoms with Gasteiger partial charge in [-0.1, -0.05) is 89.6 Å². The van der Waals surface area contributed by atoms with E-state index < -0.39 is 60.2 Å². The van der Waals surface area contributed by atoms with Crippen LogP contribution in [0.2, 0.25) is 0 Å². The van der Waals surface area contributed by atoms with Crippen LogP contribution in [-0.2, 0) is 38.3 Å². The molecule has 3 aliphatic rings. The number of nitrogens with one attached hydrogen (secondary N) is 4. The van der Waals surface area contributed by atoms with Gasteiger partial charge in [0.15, 0.2) is 12.8 Å². The summed E-state index contributed by atoms with van der Waals surface area (Å²) in [6.45, 7) is 5.76. The Bertz CT molecular complexity index is 1370. The number of hydrogen-bond donors (Lipinski definition) is 5. The number of rotatable bonds is 19. The molecule has 0 bridgehead atoms. The summed E-state index contributed by atoms with van der Waals surface area (Å²) in [6.07, 6.45) is 9.60. The summed E-state index contributed by atoms with van der Waals surface area (Å²) in [7, 11) is 0. The van der Waals surface area contributed by atoms with Crippen molar-refractivity contribution in [2.45, 2.75) is 128 Å². The van der Waals surface area contributed by atoms with Gasteiger partial charge in [0.2, 0.25) is 23.5 Å². The van der Waals surface area contributed by atoms with E-state index in [4.69, 9.17) is 9.57 Å². The fraction of sp³-hybridized carbons (Fsp3) is 0.684. The van der Waals surface area contributed by atoms with Gasteiger partial charge in [-0.3, -0.25) is 28.8 Å². The minimum Gasteiger partial charge on any atom is -0.479 e. The van der Waals surface area contributed by atoms with Crippen molar-refractivity contribution in [3.05, 3.63) is 35.9 Å². The van der Waals surface area contributed by atoms with E-state index in [1.807, 2.05) is 20.8 Å². The van der Waals surface area contributed by atoms with E-state index in [0.29, 0.717) is 30.9 Å². The molecule has 4 rings (SSSR count). The summed E-state index contributed by atoms with van der Waals surface area (Å²) < 4.78 is 5.58. The molecule has 1 aromatic carbocycles. The average molecular weight is 728 g/mol. The van der Waals surface area contributed by atoms with Crippen molar-refractivity contribution in [2.24, 2.45) is 17.8 Å². The molecule has 1 aromatic rings. The quantitative estimate of drug-likeness (QED) is 0.0612. The van der Waals surface area contributed by atoms with E-state index in [1.54, 1.807) is 35.2 Å². The predicted molar refractivity (Wildman–Crippen MR) is 191 cm³/mol. The number of hydrogen-bond acceptors (Lipinski definition) is 9. The summed E-state index contributed by atoms with van der Waals surface area (Å²) >= 11 is 0. The molecule has 0 spiro atoms. The van der Waals surface area contributed by atoms with Crippen molar-refractivity contribution in [1.82, 2.24) is 26.3 Å². The first-order chi connectivity index (χ1) is 25.0. The standard InChI is InChI=1S/C38H57N5O9/c1-4-13-28(34(45)36(47)39-21-31(44)41-33(38(49)50)26-16-9-6-10-17-26)40-35(46)30-20-27-18-11-12-19-29(27)43(30)37(48)32(25-14-7-5-8-15-25)42-52-23-51-22-24(2)3/h6,9-10,16-17,24-25,27-30,32-33,42H,4-5,7-8,11-15,18-23H2,1-3H3,(H,39,47)(H,40,46)(H,41,44)(H,49,50)/t27-,28?,29-,30-,32?,33?/m0/s1. The van der Waals surface area contributed by atoms with Crippen molar-refractivity contribution in [3.63, 3.8) is 0 Å². The van der Waals surface area contributed by atoms with E-state index in [1.165, 1.54) is 0 Å². The maximum absolute atomic E-state index is 14.6. The van der Waals surface area contributed by atoms with Gasteiger partial charge in [0.25, 0.3) is 5.91 Å². The number of nitrogens with zero attached hydrogens (tertiary/aromatic N) is 1. The van der Waals surface area contributed by atoms with E-state index >= 15 is 0 Å². The van der Waals surface area contributed by atoms with Gasteiger partial charge in [-0.15, -0.1) is 0 Å². The van der Waals surface area contributed by atoms with Gasteiger partial charge < -0.3 is 30.7 Å². The van der Waals surface area contributed by atoms with Crippen LogP contribution in [0.4, 0.5) is 0 Å². The Kier molecular flexibility index (Phi) is 16.0. The van der Waals surface area contributed by atoms with Crippen molar-refractivity contribution in [1.29, 1.82) is 0 Å². The Labute approximate surface area is 306 Å². The van der Waals surface area contributed by atoms with E-state index in [9.17, 15) is 33.9 Å². The fourth-order valence-electron chi connectivity index (χ4n) is 7.81. The number of carboxylic acids is 1. The number of carbonyl (C=O) groups excluding carboxylic acids is 5. The highest BCUT2D eigenvalue weighted by molar-refractivity contribution is 6.38. The second kappa shape index (κ2) is 20.4. The Morgan fingerprint density at radius 2 is 1.62 bits per heavy atom. The highest BCUT2D eigenvalue weighted by Crippen LogP contribution is 2.41. The van der Waals surface area contributed by atoms with Gasteiger partial charge in [0.05, 0.1) is 19.2 Å². The third kappa shape index (κ3) is 11.3. The average Bonchev–Trinajstić information content (AvgIpc) is 3.54. The van der Waals surface area contributed by atoms with Gasteiger partial charge in [0, 0.05) is 6.04 Å². The van der Waals surface area contributed by atoms with Crippen LogP contribution in [0.15, 0.2) is 30.3 Å². The number of hydroxylamine groups is 1. The van der Waals surface area contributed by atoms with Crippen molar-refractivity contribution in [3.8, 4) is 0 Å². The number of fused-ring (bicyclic) bond motifs is 1. The molecule has 14 heteroatoms. The molecule has 3 fully saturated rings. The number of ketones is 1. The molecule has 5 N–H and O–H groups in total. The summed E-state index contributed by atoms with van der Waals surface area (Å²) in [5.74, 6) is -4.26. The minimum atomic E-state index is -1.34. The lowest BCUT2D eigenvalue weighted by molar-refractivity contribution is -0.157. The first kappa shape index (κ1) is 40.9. The molecular formula is C38H57N5O9. The van der Waals surface area contributed by atoms with Crippen molar-refractivity contribution < 1.29 is 43.4 Å². The molecule has 0 aromatic heterocycles. The molecule has 2 saturated carbocycles. The molecule has 1 heterocycles. The van der Waals surface area contributed by atoms with E-state index in [2.05, 4.69) is 21.4 Å². The maximum atomic E-state index is 14.6. The van der Waals surface area contributed by atoms with Crippen LogP contribution in [0.3, 0.4) is 0 Å². The van der Waals surface area contributed by atoms with Crippen LogP contribution in [0.5, 0.6) is 0 Å². The number of amides is 4. The fourth-order valence-corrected chi connectivity index (χ4v) is 7.81. The molecule has 4 amide bonds. The molecule has 6 atom stereocenters. The predicted octanol–water partition coefficient (Wildman–Crippen LogP) is 3.16. The van der Waals surface area contributed by atoms with Gasteiger partial charge in [-0.25, -0.2) is 4.79 Å². The summed E-state index contributed by atoms with van der Waals surface area (Å²) in [5, 5.41) is 17.0. The number of carboxylic acid groups (broad SMARTS) is 1. The lowest BCUT2D eigenvalue weighted by Gasteiger charge is -2.38. The zero-order valence-electron chi connectivity index (χ0n) is 30.8. The summed E-state index contributed by atoms with van der Waals surface area (Å²) in [5.41, 5.74) is 3.37. The third-order valence-corrected chi connectivity index (χ3v) is 10.4. The highest BCUT2D eigenvalue weighted by Gasteiger charge is 2.50. The largest absolute Gasteiger partial charge is 0.479 e. The number of ether oxygens (including phenoxy) is 1. The second-order valence-corrected chi connectivity index (χ2v) is 14.8. The van der Waals surface area contributed by atoms with Crippen LogP contribution >= 0.6 is 0 Å². The second-order valence-electron chi connectivity index (χ2n) is 14.8. The van der Waals surface area contributed by atoms with Crippen LogP contribution in [0.1, 0.15) is 109 Å². The van der Waals surface area contributed by atoms with Crippen LogP contribution in [0, 0.1) is 17.8 Å². The van der Waals surface area contributed by atoms with Crippen LogP contribution in [-0.4, -0.2) is 89.5 Å². The smallest absolute Gasteiger partial charge is 0.330 e. The third-order valence-electron chi connectivity index (χ3n) is 10.4. The van der Waals surface area contributed by atoms with E-state index in [-0.39, 0.29) is 37.0 Å². The maximum Gasteiger partial charge on any atom is 0.330 e. The van der Waals surface area contributed by atoms with Gasteiger partial charge >= 0.3 is 5.97 Å². The zero-order chi connectivity index (χ0) is 37.6. The van der Waals surface area contributed by atoms with Crippen molar-refractivity contribution >= 4 is 35.4 Å². The number of likely N-dealkylation sites (tertiary alicyclic amines) is 1. The van der Waals surface area contributed by atoms with Crippen molar-refractivity contribution in [2.75, 3.05) is 19.9 Å². The molecule has 1 aliphatic heterocycles. The van der Waals surface area contributed by atoms with Gasteiger partial charge in [0.1, 0.15) is 12.1 Å². The first-order valence-electron chi connectivity index (χ1n) is 19.0. The Morgan fingerprint density at radius 1 is 0.923 bits per heavy atom. The molecule has 14 nitrogen and oxygen atoms in total. The molecule has 0 radical (unpaired) electrons. The van der Waals surface area contributed by atoms with Crippen LogP contribution < -0.4 is 21.4 Å². The minimum absolute atomic E-state index is 0.0116. The lowest BCUT2D eigenvalue weighted by Crippen LogP contribution is -2.59.